The first-order valence-corrected chi connectivity index (χ1v) is 13.0. The molecule has 0 saturated carbocycles. The molecule has 0 heterocycles. The minimum Gasteiger partial charge on any atom is -0.478 e. The zero-order chi connectivity index (χ0) is 32.7. The van der Waals surface area contributed by atoms with E-state index in [2.05, 4.69) is 13.2 Å². The number of carbonyl (C=O) groups excluding carboxylic acids is 4. The van der Waals surface area contributed by atoms with Crippen molar-refractivity contribution in [2.45, 2.75) is 66.5 Å². The highest BCUT2D eigenvalue weighted by atomic mass is 16.5. The van der Waals surface area contributed by atoms with Crippen molar-refractivity contribution in [2.75, 3.05) is 26.3 Å². The molecule has 12 nitrogen and oxygen atoms in total. The fraction of sp³-hybridized carbons (Fsp3) is 0.467. The van der Waals surface area contributed by atoms with Gasteiger partial charge in [0.1, 0.15) is 13.2 Å². The summed E-state index contributed by atoms with van der Waals surface area (Å²) in [4.78, 5) is 78.2. The van der Waals surface area contributed by atoms with E-state index in [-0.39, 0.29) is 37.4 Å². The summed E-state index contributed by atoms with van der Waals surface area (Å²) in [6, 6.07) is 1.73. The number of carboxylic acids is 2. The van der Waals surface area contributed by atoms with Crippen LogP contribution >= 0.6 is 0 Å². The first-order chi connectivity index (χ1) is 19.1. The Morgan fingerprint density at radius 2 is 0.929 bits per heavy atom. The number of rotatable bonds is 12. The Hall–Kier alpha value is -4.48. The van der Waals surface area contributed by atoms with Gasteiger partial charge in [0, 0.05) is 22.2 Å². The maximum Gasteiger partial charge on any atom is 0.336 e. The van der Waals surface area contributed by atoms with E-state index in [1.54, 1.807) is 41.5 Å². The van der Waals surface area contributed by atoms with Crippen molar-refractivity contribution in [3.05, 3.63) is 58.7 Å². The average Bonchev–Trinajstić information content (AvgIpc) is 2.85. The summed E-state index contributed by atoms with van der Waals surface area (Å²) in [6.07, 6.45) is 0. The van der Waals surface area contributed by atoms with E-state index in [0.717, 1.165) is 12.1 Å². The summed E-state index contributed by atoms with van der Waals surface area (Å²) in [6.45, 7) is 19.3. The standard InChI is InChI=1S/C30H40N2O10/c1-17(2)27(39)41-13-11-31(29(5,6)7)23(33)19-15-20(22(26(37)38)16-21(19)25(35)36)24(34)32(30(8,9)10)12-14-42-28(40)18(3)4/h15-16H,1,3,11-14H2,2,4-10H3,(H,35,36)(H,37,38). The molecule has 12 heteroatoms. The summed E-state index contributed by atoms with van der Waals surface area (Å²) in [5.74, 6) is -6.15. The number of esters is 2. The van der Waals surface area contributed by atoms with Gasteiger partial charge < -0.3 is 29.5 Å². The number of ether oxygens (including phenoxy) is 2. The van der Waals surface area contributed by atoms with Crippen molar-refractivity contribution < 1.29 is 48.5 Å². The Morgan fingerprint density at radius 3 is 1.17 bits per heavy atom. The van der Waals surface area contributed by atoms with E-state index in [1.807, 2.05) is 0 Å². The monoisotopic (exact) mass is 588 g/mol. The lowest BCUT2D eigenvalue weighted by molar-refractivity contribution is -0.140. The van der Waals surface area contributed by atoms with Crippen LogP contribution in [0.1, 0.15) is 96.8 Å². The fourth-order valence-corrected chi connectivity index (χ4v) is 3.79. The van der Waals surface area contributed by atoms with Crippen LogP contribution in [0.5, 0.6) is 0 Å². The van der Waals surface area contributed by atoms with Gasteiger partial charge in [-0.2, -0.15) is 0 Å². The summed E-state index contributed by atoms with van der Waals surface area (Å²) < 4.78 is 10.2. The number of benzene rings is 1. The predicted octanol–water partition coefficient (Wildman–Crippen LogP) is 3.80. The van der Waals surface area contributed by atoms with E-state index < -0.39 is 69.0 Å². The van der Waals surface area contributed by atoms with Gasteiger partial charge in [-0.05, 0) is 67.5 Å². The van der Waals surface area contributed by atoms with Crippen LogP contribution in [0.15, 0.2) is 36.4 Å². The van der Waals surface area contributed by atoms with Crippen molar-refractivity contribution >= 4 is 35.7 Å². The second-order valence-electron chi connectivity index (χ2n) is 11.6. The van der Waals surface area contributed by atoms with Crippen LogP contribution in [0, 0.1) is 0 Å². The van der Waals surface area contributed by atoms with Crippen LogP contribution in [0.25, 0.3) is 0 Å². The maximum atomic E-state index is 13.8. The molecule has 0 aliphatic carbocycles. The lowest BCUT2D eigenvalue weighted by atomic mass is 9.93. The first-order valence-electron chi connectivity index (χ1n) is 13.0. The van der Waals surface area contributed by atoms with Crippen LogP contribution in [-0.4, -0.2) is 93.1 Å². The molecule has 0 bridgehead atoms. The van der Waals surface area contributed by atoms with E-state index in [4.69, 9.17) is 9.47 Å². The Kier molecular flexibility index (Phi) is 11.8. The largest absolute Gasteiger partial charge is 0.478 e. The molecule has 1 aromatic carbocycles. The van der Waals surface area contributed by atoms with Gasteiger partial charge >= 0.3 is 23.9 Å². The van der Waals surface area contributed by atoms with Gasteiger partial charge in [0.05, 0.1) is 35.3 Å². The Morgan fingerprint density at radius 1 is 0.643 bits per heavy atom. The summed E-state index contributed by atoms with van der Waals surface area (Å²) >= 11 is 0. The van der Waals surface area contributed by atoms with Gasteiger partial charge in [0.2, 0.25) is 0 Å². The maximum absolute atomic E-state index is 13.8. The molecule has 0 aliphatic heterocycles. The minimum atomic E-state index is -1.58. The Labute approximate surface area is 245 Å². The molecule has 230 valence electrons. The van der Waals surface area contributed by atoms with Crippen molar-refractivity contribution in [3.63, 3.8) is 0 Å². The van der Waals surface area contributed by atoms with E-state index in [9.17, 15) is 39.0 Å². The molecule has 0 spiro atoms. The number of hydrogen-bond donors (Lipinski definition) is 2. The molecular weight excluding hydrogens is 548 g/mol. The van der Waals surface area contributed by atoms with Gasteiger partial charge in [0.15, 0.2) is 0 Å². The van der Waals surface area contributed by atoms with Gasteiger partial charge in [-0.3, -0.25) is 9.59 Å². The quantitative estimate of drug-likeness (QED) is 0.271. The number of amides is 2. The van der Waals surface area contributed by atoms with E-state index in [1.165, 1.54) is 23.6 Å². The summed E-state index contributed by atoms with van der Waals surface area (Å²) in [7, 11) is 0. The topological polar surface area (TPSA) is 168 Å². The number of aromatic carboxylic acids is 2. The molecule has 1 aromatic rings. The van der Waals surface area contributed by atoms with Gasteiger partial charge in [-0.15, -0.1) is 0 Å². The highest BCUT2D eigenvalue weighted by Crippen LogP contribution is 2.26. The summed E-state index contributed by atoms with van der Waals surface area (Å²) in [5.41, 5.74) is -3.60. The molecule has 0 atom stereocenters. The Bertz CT molecular complexity index is 1200. The molecule has 2 amide bonds. The number of hydrogen-bond acceptors (Lipinski definition) is 8. The molecule has 2 N–H and O–H groups in total. The number of carbonyl (C=O) groups is 6. The van der Waals surface area contributed by atoms with E-state index >= 15 is 0 Å². The zero-order valence-corrected chi connectivity index (χ0v) is 25.5. The van der Waals surface area contributed by atoms with Crippen LogP contribution < -0.4 is 0 Å². The zero-order valence-electron chi connectivity index (χ0n) is 25.5. The molecule has 0 fully saturated rings. The third-order valence-corrected chi connectivity index (χ3v) is 5.98. The average molecular weight is 589 g/mol. The van der Waals surface area contributed by atoms with E-state index in [0.29, 0.717) is 0 Å². The van der Waals surface area contributed by atoms with Crippen LogP contribution in [0.2, 0.25) is 0 Å². The molecule has 0 saturated heterocycles. The predicted molar refractivity (Wildman–Crippen MR) is 153 cm³/mol. The van der Waals surface area contributed by atoms with Crippen molar-refractivity contribution in [3.8, 4) is 0 Å². The van der Waals surface area contributed by atoms with Crippen LogP contribution in [0.3, 0.4) is 0 Å². The van der Waals surface area contributed by atoms with Crippen LogP contribution in [0.4, 0.5) is 0 Å². The van der Waals surface area contributed by atoms with Gasteiger partial charge in [0.25, 0.3) is 11.8 Å². The lowest BCUT2D eigenvalue weighted by Crippen LogP contribution is -2.49. The third kappa shape index (κ3) is 9.28. The first kappa shape index (κ1) is 35.5. The van der Waals surface area contributed by atoms with Crippen molar-refractivity contribution in [2.24, 2.45) is 0 Å². The van der Waals surface area contributed by atoms with Crippen molar-refractivity contribution in [1.29, 1.82) is 0 Å². The molecule has 42 heavy (non-hydrogen) atoms. The normalized spacial score (nSPS) is 11.2. The number of nitrogens with zero attached hydrogens (tertiary/aromatic N) is 2. The summed E-state index contributed by atoms with van der Waals surface area (Å²) in [5, 5.41) is 19.8. The molecule has 0 radical (unpaired) electrons. The minimum absolute atomic E-state index is 0.132. The van der Waals surface area contributed by atoms with Crippen molar-refractivity contribution in [1.82, 2.24) is 9.80 Å². The number of carboxylic acid groups (broad SMARTS) is 2. The second-order valence-corrected chi connectivity index (χ2v) is 11.6. The Balaban J connectivity index is 3.71. The lowest BCUT2D eigenvalue weighted by Gasteiger charge is -2.37. The second kappa shape index (κ2) is 13.9. The highest BCUT2D eigenvalue weighted by molar-refractivity contribution is 6.12. The molecule has 1 rings (SSSR count). The smallest absolute Gasteiger partial charge is 0.336 e. The SMILES string of the molecule is C=C(C)C(=O)OCCN(C(=O)c1cc(C(=O)N(CCOC(=O)C(=C)C)C(C)(C)C)c(C(=O)O)cc1C(=O)O)C(C)(C)C. The fourth-order valence-electron chi connectivity index (χ4n) is 3.79. The van der Waals surface area contributed by atoms with Gasteiger partial charge in [-0.1, -0.05) is 13.2 Å². The third-order valence-electron chi connectivity index (χ3n) is 5.98. The molecule has 0 unspecified atom stereocenters. The molecule has 0 aliphatic rings. The molecular formula is C30H40N2O10. The highest BCUT2D eigenvalue weighted by Gasteiger charge is 2.35. The van der Waals surface area contributed by atoms with Crippen LogP contribution in [-0.2, 0) is 19.1 Å². The molecule has 0 aromatic heterocycles. The van der Waals surface area contributed by atoms with Gasteiger partial charge in [-0.25, -0.2) is 19.2 Å².